The fraction of sp³-hybridized carbons (Fsp3) is 0.471. The molecule has 6 nitrogen and oxygen atoms in total. The van der Waals surface area contributed by atoms with E-state index in [0.29, 0.717) is 38.9 Å². The fourth-order valence-corrected chi connectivity index (χ4v) is 4.76. The third-order valence-corrected chi connectivity index (χ3v) is 6.90. The molecule has 1 aliphatic rings. The molecule has 3 rings (SSSR count). The molecule has 0 bridgehead atoms. The third-order valence-electron chi connectivity index (χ3n) is 4.89. The maximum atomic E-state index is 12.6. The van der Waals surface area contributed by atoms with Gasteiger partial charge in [-0.25, -0.2) is 8.42 Å². The van der Waals surface area contributed by atoms with Gasteiger partial charge in [0.05, 0.1) is 0 Å². The second kappa shape index (κ2) is 7.76. The molecular formula is C17H24ClN3O3S. The lowest BCUT2D eigenvalue weighted by Gasteiger charge is -2.34. The van der Waals surface area contributed by atoms with E-state index in [2.05, 4.69) is 15.6 Å². The minimum atomic E-state index is -3.46. The van der Waals surface area contributed by atoms with Gasteiger partial charge in [0.15, 0.2) is 14.6 Å². The molecule has 25 heavy (non-hydrogen) atoms. The molecule has 1 amide bonds. The molecule has 1 aliphatic heterocycles. The number of benzene rings is 1. The van der Waals surface area contributed by atoms with Crippen LogP contribution < -0.4 is 10.6 Å². The summed E-state index contributed by atoms with van der Waals surface area (Å²) in [5, 5.41) is 7.09. The molecular weight excluding hydrogens is 362 g/mol. The first-order valence-electron chi connectivity index (χ1n) is 8.18. The second-order valence-corrected chi connectivity index (χ2v) is 8.71. The van der Waals surface area contributed by atoms with Crippen LogP contribution in [0, 0.1) is 0 Å². The van der Waals surface area contributed by atoms with Crippen molar-refractivity contribution in [2.75, 3.05) is 25.9 Å². The monoisotopic (exact) mass is 385 g/mol. The molecule has 3 N–H and O–H groups in total. The number of fused-ring (bicyclic) bond motifs is 1. The zero-order valence-corrected chi connectivity index (χ0v) is 15.8. The Morgan fingerprint density at radius 2 is 1.92 bits per heavy atom. The maximum absolute atomic E-state index is 12.6. The number of carbonyl (C=O) groups is 1. The van der Waals surface area contributed by atoms with E-state index >= 15 is 0 Å². The van der Waals surface area contributed by atoms with Crippen molar-refractivity contribution in [1.29, 1.82) is 0 Å². The van der Waals surface area contributed by atoms with E-state index < -0.39 is 14.6 Å². The van der Waals surface area contributed by atoms with Gasteiger partial charge >= 0.3 is 0 Å². The number of hydrogen-bond acceptors (Lipinski definition) is 4. The zero-order chi connectivity index (χ0) is 17.2. The minimum Gasteiger partial charge on any atom is -0.361 e. The summed E-state index contributed by atoms with van der Waals surface area (Å²) in [6, 6.07) is 7.99. The van der Waals surface area contributed by atoms with Crippen LogP contribution in [0.25, 0.3) is 10.9 Å². The summed E-state index contributed by atoms with van der Waals surface area (Å²) in [6.45, 7) is 1.51. The molecule has 0 spiro atoms. The number of aromatic nitrogens is 1. The average Bonchev–Trinajstić information content (AvgIpc) is 2.98. The molecule has 0 aliphatic carbocycles. The molecule has 1 saturated heterocycles. The largest absolute Gasteiger partial charge is 0.361 e. The van der Waals surface area contributed by atoms with E-state index in [0.717, 1.165) is 22.7 Å². The van der Waals surface area contributed by atoms with Crippen molar-refractivity contribution in [2.24, 2.45) is 0 Å². The molecule has 2 heterocycles. The SMILES string of the molecule is CS(=O)(=O)C1(C(=O)NCCc2c[nH]c3ccccc23)CCNCC1.Cl. The number of aromatic amines is 1. The topological polar surface area (TPSA) is 91.1 Å². The van der Waals surface area contributed by atoms with E-state index in [-0.39, 0.29) is 18.3 Å². The van der Waals surface area contributed by atoms with Crippen LogP contribution in [-0.4, -0.2) is 49.9 Å². The van der Waals surface area contributed by atoms with Crippen LogP contribution in [0.1, 0.15) is 18.4 Å². The second-order valence-electron chi connectivity index (χ2n) is 6.38. The molecule has 2 aromatic rings. The number of nitrogens with one attached hydrogen (secondary N) is 3. The Labute approximate surface area is 154 Å². The van der Waals surface area contributed by atoms with E-state index in [4.69, 9.17) is 0 Å². The standard InChI is InChI=1S/C17H23N3O3S.ClH/c1-24(22,23)17(7-10-18-11-8-17)16(21)19-9-6-13-12-20-15-5-3-2-4-14(13)15;/h2-5,12,18,20H,6-11H2,1H3,(H,19,21);1H. The van der Waals surface area contributed by atoms with Crippen LogP contribution in [0.3, 0.4) is 0 Å². The molecule has 0 saturated carbocycles. The van der Waals surface area contributed by atoms with Gasteiger partial charge in [0.1, 0.15) is 0 Å². The molecule has 8 heteroatoms. The highest BCUT2D eigenvalue weighted by Gasteiger charge is 2.48. The highest BCUT2D eigenvalue weighted by atomic mass is 35.5. The first-order chi connectivity index (χ1) is 11.4. The Morgan fingerprint density at radius 1 is 1.24 bits per heavy atom. The Kier molecular flexibility index (Phi) is 6.13. The lowest BCUT2D eigenvalue weighted by molar-refractivity contribution is -0.124. The maximum Gasteiger partial charge on any atom is 0.241 e. The van der Waals surface area contributed by atoms with Crippen LogP contribution in [0.4, 0.5) is 0 Å². The highest BCUT2D eigenvalue weighted by molar-refractivity contribution is 7.92. The van der Waals surface area contributed by atoms with E-state index in [9.17, 15) is 13.2 Å². The van der Waals surface area contributed by atoms with E-state index in [1.807, 2.05) is 30.5 Å². The smallest absolute Gasteiger partial charge is 0.241 e. The number of sulfone groups is 1. The van der Waals surface area contributed by atoms with E-state index in [1.165, 1.54) is 0 Å². The van der Waals surface area contributed by atoms with Crippen molar-refractivity contribution >= 4 is 39.1 Å². The number of hydrogen-bond donors (Lipinski definition) is 3. The van der Waals surface area contributed by atoms with Gasteiger partial charge < -0.3 is 15.6 Å². The number of H-pyrrole nitrogens is 1. The molecule has 0 atom stereocenters. The summed E-state index contributed by atoms with van der Waals surface area (Å²) in [4.78, 5) is 15.8. The summed E-state index contributed by atoms with van der Waals surface area (Å²) in [5.41, 5.74) is 2.18. The molecule has 138 valence electrons. The fourth-order valence-electron chi connectivity index (χ4n) is 3.41. The summed E-state index contributed by atoms with van der Waals surface area (Å²) in [7, 11) is -3.46. The predicted octanol–water partition coefficient (Wildman–Crippen LogP) is 1.42. The van der Waals surface area contributed by atoms with Crippen molar-refractivity contribution in [3.63, 3.8) is 0 Å². The first-order valence-corrected chi connectivity index (χ1v) is 10.1. The van der Waals surface area contributed by atoms with Gasteiger partial charge in [-0.1, -0.05) is 18.2 Å². The number of rotatable bonds is 5. The predicted molar refractivity (Wildman–Crippen MR) is 102 cm³/mol. The summed E-state index contributed by atoms with van der Waals surface area (Å²) < 4.78 is 23.2. The number of carbonyl (C=O) groups excluding carboxylic acids is 1. The molecule has 1 aromatic heterocycles. The lowest BCUT2D eigenvalue weighted by Crippen LogP contribution is -2.57. The van der Waals surface area contributed by atoms with Crippen molar-refractivity contribution in [3.05, 3.63) is 36.0 Å². The number of halogens is 1. The molecule has 0 unspecified atom stereocenters. The van der Waals surface area contributed by atoms with Crippen molar-refractivity contribution < 1.29 is 13.2 Å². The number of para-hydroxylation sites is 1. The van der Waals surface area contributed by atoms with Gasteiger partial charge in [-0.3, -0.25) is 4.79 Å². The van der Waals surface area contributed by atoms with Crippen molar-refractivity contribution in [2.45, 2.75) is 24.0 Å². The van der Waals surface area contributed by atoms with Crippen molar-refractivity contribution in [3.8, 4) is 0 Å². The lowest BCUT2D eigenvalue weighted by atomic mass is 9.95. The van der Waals surface area contributed by atoms with Gasteiger partial charge in [0.2, 0.25) is 5.91 Å². The van der Waals surface area contributed by atoms with Gasteiger partial charge in [-0.05, 0) is 44.0 Å². The average molecular weight is 386 g/mol. The quantitative estimate of drug-likeness (QED) is 0.725. The highest BCUT2D eigenvalue weighted by Crippen LogP contribution is 2.28. The van der Waals surface area contributed by atoms with Crippen LogP contribution in [0.5, 0.6) is 0 Å². The summed E-state index contributed by atoms with van der Waals surface area (Å²) in [5.74, 6) is -0.369. The third kappa shape index (κ3) is 3.83. The summed E-state index contributed by atoms with van der Waals surface area (Å²) >= 11 is 0. The van der Waals surface area contributed by atoms with Crippen LogP contribution in [0.2, 0.25) is 0 Å². The van der Waals surface area contributed by atoms with Gasteiger partial charge in [0.25, 0.3) is 0 Å². The number of piperidine rings is 1. The zero-order valence-electron chi connectivity index (χ0n) is 14.2. The Morgan fingerprint density at radius 3 is 2.60 bits per heavy atom. The van der Waals surface area contributed by atoms with E-state index in [1.54, 1.807) is 0 Å². The summed E-state index contributed by atoms with van der Waals surface area (Å²) in [6.07, 6.45) is 4.41. The van der Waals surface area contributed by atoms with Crippen LogP contribution in [-0.2, 0) is 21.1 Å². The Hall–Kier alpha value is -1.57. The van der Waals surface area contributed by atoms with Crippen LogP contribution >= 0.6 is 12.4 Å². The van der Waals surface area contributed by atoms with Crippen molar-refractivity contribution in [1.82, 2.24) is 15.6 Å². The van der Waals surface area contributed by atoms with Gasteiger partial charge in [-0.15, -0.1) is 12.4 Å². The van der Waals surface area contributed by atoms with Crippen LogP contribution in [0.15, 0.2) is 30.5 Å². The Bertz CT molecular complexity index is 842. The Balaban J connectivity index is 0.00000225. The minimum absolute atomic E-state index is 0. The molecule has 0 radical (unpaired) electrons. The first kappa shape index (κ1) is 19.8. The number of amides is 1. The molecule has 1 fully saturated rings. The molecule has 1 aromatic carbocycles. The van der Waals surface area contributed by atoms with Gasteiger partial charge in [0, 0.05) is 29.9 Å². The normalized spacial score (nSPS) is 17.0. The van der Waals surface area contributed by atoms with Gasteiger partial charge in [-0.2, -0.15) is 0 Å².